The lowest BCUT2D eigenvalue weighted by molar-refractivity contribution is -0.129. The molecule has 0 saturated carbocycles. The summed E-state index contributed by atoms with van der Waals surface area (Å²) in [6.45, 7) is 4.65. The van der Waals surface area contributed by atoms with Crippen LogP contribution in [-0.4, -0.2) is 56.3 Å². The van der Waals surface area contributed by atoms with Gasteiger partial charge in [0.15, 0.2) is 0 Å². The van der Waals surface area contributed by atoms with E-state index in [-0.39, 0.29) is 5.91 Å². The average molecular weight is 316 g/mol. The van der Waals surface area contributed by atoms with Crippen LogP contribution >= 0.6 is 0 Å². The Morgan fingerprint density at radius 3 is 2.57 bits per heavy atom. The second-order valence-corrected chi connectivity index (χ2v) is 5.91. The molecule has 3 rings (SSSR count). The van der Waals surface area contributed by atoms with Crippen LogP contribution < -0.4 is 10.1 Å². The fourth-order valence-electron chi connectivity index (χ4n) is 2.82. The summed E-state index contributed by atoms with van der Waals surface area (Å²) >= 11 is 0. The highest BCUT2D eigenvalue weighted by Crippen LogP contribution is 2.18. The molecule has 1 N–H and O–H groups in total. The number of morpholine rings is 1. The fourth-order valence-corrected chi connectivity index (χ4v) is 2.82. The lowest BCUT2D eigenvalue weighted by atomic mass is 10.1. The third-order valence-corrected chi connectivity index (χ3v) is 4.21. The van der Waals surface area contributed by atoms with E-state index in [1.165, 1.54) is 0 Å². The molecule has 1 aromatic rings. The van der Waals surface area contributed by atoms with Crippen molar-refractivity contribution in [3.63, 3.8) is 0 Å². The number of carbonyl (C=O) groups is 1. The van der Waals surface area contributed by atoms with E-state index in [1.807, 2.05) is 35.2 Å². The Labute approximate surface area is 137 Å². The van der Waals surface area contributed by atoms with Crippen LogP contribution in [0.1, 0.15) is 18.4 Å². The van der Waals surface area contributed by atoms with Gasteiger partial charge in [0.1, 0.15) is 11.9 Å². The van der Waals surface area contributed by atoms with Crippen LogP contribution in [0.15, 0.2) is 30.3 Å². The molecule has 0 unspecified atom stereocenters. The molecule has 2 aliphatic rings. The average Bonchev–Trinajstić information content (AvgIpc) is 2.62. The van der Waals surface area contributed by atoms with Crippen LogP contribution in [0.2, 0.25) is 0 Å². The highest BCUT2D eigenvalue weighted by molar-refractivity contribution is 5.91. The molecule has 124 valence electrons. The van der Waals surface area contributed by atoms with E-state index >= 15 is 0 Å². The van der Waals surface area contributed by atoms with Crippen LogP contribution in [-0.2, 0) is 9.53 Å². The number of piperidine rings is 1. The molecular weight excluding hydrogens is 292 g/mol. The van der Waals surface area contributed by atoms with Crippen LogP contribution in [0.25, 0.3) is 6.08 Å². The number of amides is 1. The number of ether oxygens (including phenoxy) is 2. The van der Waals surface area contributed by atoms with Crippen molar-refractivity contribution in [3.05, 3.63) is 35.9 Å². The number of nitrogens with one attached hydrogen (secondary N) is 1. The summed E-state index contributed by atoms with van der Waals surface area (Å²) in [6, 6.07) is 7.92. The molecule has 5 heteroatoms. The Morgan fingerprint density at radius 1 is 1.17 bits per heavy atom. The molecule has 2 heterocycles. The maximum absolute atomic E-state index is 12.1. The second-order valence-electron chi connectivity index (χ2n) is 5.91. The highest BCUT2D eigenvalue weighted by Gasteiger charge is 2.15. The van der Waals surface area contributed by atoms with Gasteiger partial charge in [-0.05, 0) is 49.7 Å². The van der Waals surface area contributed by atoms with E-state index in [4.69, 9.17) is 9.47 Å². The van der Waals surface area contributed by atoms with E-state index in [0.717, 1.165) is 37.2 Å². The van der Waals surface area contributed by atoms with Gasteiger partial charge in [0.05, 0.1) is 13.2 Å². The molecule has 0 aromatic heterocycles. The predicted octanol–water partition coefficient (Wildman–Crippen LogP) is 1.69. The molecule has 5 nitrogen and oxygen atoms in total. The maximum Gasteiger partial charge on any atom is 0.246 e. The van der Waals surface area contributed by atoms with Crippen molar-refractivity contribution >= 4 is 12.0 Å². The van der Waals surface area contributed by atoms with Crippen LogP contribution in [0.3, 0.4) is 0 Å². The summed E-state index contributed by atoms with van der Waals surface area (Å²) in [4.78, 5) is 13.9. The quantitative estimate of drug-likeness (QED) is 0.859. The summed E-state index contributed by atoms with van der Waals surface area (Å²) < 4.78 is 11.2. The Bertz CT molecular complexity index is 530. The molecular formula is C18H24N2O3. The summed E-state index contributed by atoms with van der Waals surface area (Å²) in [7, 11) is 0. The Kier molecular flexibility index (Phi) is 5.66. The molecule has 2 saturated heterocycles. The summed E-state index contributed by atoms with van der Waals surface area (Å²) in [5.41, 5.74) is 1.00. The first-order valence-electron chi connectivity index (χ1n) is 8.33. The topological polar surface area (TPSA) is 50.8 Å². The standard InChI is InChI=1S/C18H24N2O3/c21-18(20-11-13-22-14-12-20)6-3-15-1-4-16(5-2-15)23-17-7-9-19-10-8-17/h1-6,17,19H,7-14H2/b6-3+. The molecule has 0 atom stereocenters. The van der Waals surface area contributed by atoms with Crippen molar-refractivity contribution in [2.24, 2.45) is 0 Å². The second kappa shape index (κ2) is 8.13. The van der Waals surface area contributed by atoms with Crippen molar-refractivity contribution in [1.82, 2.24) is 10.2 Å². The fraction of sp³-hybridized carbons (Fsp3) is 0.500. The van der Waals surface area contributed by atoms with E-state index in [0.29, 0.717) is 32.4 Å². The minimum Gasteiger partial charge on any atom is -0.490 e. The van der Waals surface area contributed by atoms with Gasteiger partial charge in [-0.2, -0.15) is 0 Å². The molecule has 0 aliphatic carbocycles. The first-order chi connectivity index (χ1) is 11.3. The number of carbonyl (C=O) groups excluding carboxylic acids is 1. The van der Waals surface area contributed by atoms with Crippen molar-refractivity contribution in [1.29, 1.82) is 0 Å². The van der Waals surface area contributed by atoms with E-state index in [1.54, 1.807) is 6.08 Å². The number of hydrogen-bond acceptors (Lipinski definition) is 4. The zero-order chi connectivity index (χ0) is 15.9. The lowest BCUT2D eigenvalue weighted by Crippen LogP contribution is -2.39. The monoisotopic (exact) mass is 316 g/mol. The smallest absolute Gasteiger partial charge is 0.246 e. The minimum atomic E-state index is 0.0448. The normalized spacial score (nSPS) is 19.9. The number of hydrogen-bond donors (Lipinski definition) is 1. The molecule has 1 aromatic carbocycles. The van der Waals surface area contributed by atoms with Crippen LogP contribution in [0.4, 0.5) is 0 Å². The van der Waals surface area contributed by atoms with Gasteiger partial charge in [0.2, 0.25) is 5.91 Å². The number of rotatable bonds is 4. The van der Waals surface area contributed by atoms with Crippen molar-refractivity contribution in [2.45, 2.75) is 18.9 Å². The van der Waals surface area contributed by atoms with Crippen molar-refractivity contribution in [3.8, 4) is 5.75 Å². The summed E-state index contributed by atoms with van der Waals surface area (Å²) in [5.74, 6) is 0.942. The van der Waals surface area contributed by atoms with Gasteiger partial charge in [-0.15, -0.1) is 0 Å². The zero-order valence-electron chi connectivity index (χ0n) is 13.4. The molecule has 2 aliphatic heterocycles. The Balaban J connectivity index is 1.52. The third kappa shape index (κ3) is 4.81. The van der Waals surface area contributed by atoms with E-state index in [9.17, 15) is 4.79 Å². The largest absolute Gasteiger partial charge is 0.490 e. The van der Waals surface area contributed by atoms with Crippen LogP contribution in [0.5, 0.6) is 5.75 Å². The van der Waals surface area contributed by atoms with Gasteiger partial charge in [0.25, 0.3) is 0 Å². The van der Waals surface area contributed by atoms with Gasteiger partial charge in [-0.1, -0.05) is 12.1 Å². The molecule has 0 radical (unpaired) electrons. The molecule has 1 amide bonds. The van der Waals surface area contributed by atoms with Gasteiger partial charge < -0.3 is 19.7 Å². The predicted molar refractivity (Wildman–Crippen MR) is 89.4 cm³/mol. The van der Waals surface area contributed by atoms with E-state index < -0.39 is 0 Å². The third-order valence-electron chi connectivity index (χ3n) is 4.21. The van der Waals surface area contributed by atoms with E-state index in [2.05, 4.69) is 5.32 Å². The highest BCUT2D eigenvalue weighted by atomic mass is 16.5. The first kappa shape index (κ1) is 16.0. The maximum atomic E-state index is 12.1. The van der Waals surface area contributed by atoms with Crippen molar-refractivity contribution in [2.75, 3.05) is 39.4 Å². The first-order valence-corrected chi connectivity index (χ1v) is 8.33. The zero-order valence-corrected chi connectivity index (χ0v) is 13.4. The Hall–Kier alpha value is -1.85. The van der Waals surface area contributed by atoms with Crippen molar-refractivity contribution < 1.29 is 14.3 Å². The number of nitrogens with zero attached hydrogens (tertiary/aromatic N) is 1. The van der Waals surface area contributed by atoms with Gasteiger partial charge in [-0.3, -0.25) is 4.79 Å². The summed E-state index contributed by atoms with van der Waals surface area (Å²) in [6.07, 6.45) is 5.89. The molecule has 0 bridgehead atoms. The molecule has 23 heavy (non-hydrogen) atoms. The SMILES string of the molecule is O=C(/C=C/c1ccc(OC2CCNCC2)cc1)N1CCOCC1. The van der Waals surface area contributed by atoms with Gasteiger partial charge in [-0.25, -0.2) is 0 Å². The molecule has 0 spiro atoms. The number of benzene rings is 1. The molecule has 2 fully saturated rings. The van der Waals surface area contributed by atoms with Gasteiger partial charge in [0, 0.05) is 19.2 Å². The minimum absolute atomic E-state index is 0.0448. The Morgan fingerprint density at radius 2 is 1.87 bits per heavy atom. The van der Waals surface area contributed by atoms with Crippen LogP contribution in [0, 0.1) is 0 Å². The lowest BCUT2D eigenvalue weighted by Gasteiger charge is -2.25. The summed E-state index contributed by atoms with van der Waals surface area (Å²) in [5, 5.41) is 3.33. The van der Waals surface area contributed by atoms with Gasteiger partial charge >= 0.3 is 0 Å².